The van der Waals surface area contributed by atoms with Gasteiger partial charge in [0, 0.05) is 36.5 Å². The van der Waals surface area contributed by atoms with Crippen molar-refractivity contribution in [3.8, 4) is 0 Å². The van der Waals surface area contributed by atoms with Crippen LogP contribution in [0.15, 0.2) is 71.0 Å². The molecule has 286 valence electrons. The van der Waals surface area contributed by atoms with E-state index in [-0.39, 0.29) is 28.9 Å². The van der Waals surface area contributed by atoms with Gasteiger partial charge in [-0.15, -0.1) is 0 Å². The maximum atomic E-state index is 15.4. The Morgan fingerprint density at radius 1 is 0.981 bits per heavy atom. The number of aliphatic hydroxyl groups is 1. The van der Waals surface area contributed by atoms with Crippen molar-refractivity contribution >= 4 is 38.0 Å². The van der Waals surface area contributed by atoms with E-state index in [0.717, 1.165) is 11.1 Å². The van der Waals surface area contributed by atoms with Gasteiger partial charge in [-0.3, -0.25) is 14.4 Å². The highest BCUT2D eigenvalue weighted by Crippen LogP contribution is 2.51. The molecule has 2 aliphatic heterocycles. The first-order valence-electron chi connectivity index (χ1n) is 18.7. The molecule has 0 spiro atoms. The van der Waals surface area contributed by atoms with Crippen LogP contribution in [0.5, 0.6) is 0 Å². The summed E-state index contributed by atoms with van der Waals surface area (Å²) >= 11 is 0. The summed E-state index contributed by atoms with van der Waals surface area (Å²) in [6.07, 6.45) is 0.535. The molecule has 1 N–H and O–H groups in total. The first-order valence-corrected chi connectivity index (χ1v) is 21.6. The van der Waals surface area contributed by atoms with Gasteiger partial charge in [0.2, 0.25) is 8.41 Å². The molecule has 3 aliphatic carbocycles. The van der Waals surface area contributed by atoms with Gasteiger partial charge in [-0.25, -0.2) is 4.79 Å². The van der Waals surface area contributed by atoms with Gasteiger partial charge in [-0.05, 0) is 98.6 Å². The first-order chi connectivity index (χ1) is 25.5. The largest absolute Gasteiger partial charge is 0.456 e. The Balaban J connectivity index is 1.12. The number of allylic oxidation sites excluding steroid dienone is 3. The van der Waals surface area contributed by atoms with E-state index in [1.54, 1.807) is 63.3 Å². The molecular formula is C42H47FO10Si. The quantitative estimate of drug-likeness (QED) is 0.185. The summed E-state index contributed by atoms with van der Waals surface area (Å²) in [6.45, 7) is 10.2. The van der Waals surface area contributed by atoms with Crippen LogP contribution in [0.25, 0.3) is 6.08 Å². The molecule has 2 fully saturated rings. The number of hydrogen-bond acceptors (Lipinski definition) is 10. The molecule has 0 amide bonds. The Morgan fingerprint density at radius 2 is 1.72 bits per heavy atom. The summed E-state index contributed by atoms with van der Waals surface area (Å²) in [7, 11) is -3.00. The van der Waals surface area contributed by atoms with E-state index in [2.05, 4.69) is 0 Å². The molecule has 2 saturated heterocycles. The van der Waals surface area contributed by atoms with Crippen molar-refractivity contribution in [3.63, 3.8) is 0 Å². The maximum Gasteiger partial charge on any atom is 0.338 e. The standard InChI is InChI=1S/C42H47FO10Si/c1-22-33(53-41(48)25-10-8-7-9-11-25)14-15-36(50-22)52-35-20-34(49-23(2)38(35)46)31-19-32(45)30-18-29-27-16-17-42(4,54(5,6)43)21-26(27)12-13-28(29)39(47)37(30)40(31)51-24(3)44/h7-13,18-19,22-23,33-36,38,46H,14-17,20-21H2,1-6H3/t22-,23-,33+,34-,35-,36+,38-,42?/m1/s1. The molecule has 5 aliphatic rings. The number of halogens is 1. The maximum absolute atomic E-state index is 15.4. The van der Waals surface area contributed by atoms with E-state index in [1.165, 1.54) is 13.0 Å². The number of ketones is 2. The number of esters is 2. The van der Waals surface area contributed by atoms with Gasteiger partial charge in [-0.1, -0.05) is 37.3 Å². The Kier molecular flexibility index (Phi) is 10.3. The molecule has 10 nitrogen and oxygen atoms in total. The van der Waals surface area contributed by atoms with Crippen LogP contribution in [0, 0.1) is 0 Å². The number of hydrogen-bond donors (Lipinski definition) is 1. The average molecular weight is 759 g/mol. The topological polar surface area (TPSA) is 135 Å². The van der Waals surface area contributed by atoms with Crippen LogP contribution in [-0.2, 0) is 46.1 Å². The van der Waals surface area contributed by atoms with Crippen LogP contribution < -0.4 is 0 Å². The third-order valence-electron chi connectivity index (χ3n) is 11.9. The monoisotopic (exact) mass is 758 g/mol. The molecule has 0 radical (unpaired) electrons. The second-order valence-electron chi connectivity index (χ2n) is 15.9. The Labute approximate surface area is 315 Å². The number of rotatable bonds is 7. The minimum absolute atomic E-state index is 0.0153. The Morgan fingerprint density at radius 3 is 2.41 bits per heavy atom. The number of aliphatic hydroxyl groups excluding tert-OH is 1. The molecule has 1 unspecified atom stereocenters. The SMILES string of the molecule is CC(=O)OC1=C2C(=O)c3ccc4c(c3C=C2C(=O)C=C1[C@H]1C[C@@H](O[C@H]2CC[C@H](OC(=O)c3ccccc3)[C@@H](C)O2)[C@H](O)[C@@H](C)O1)CCC(C)([Si](C)(C)F)C4. The highest BCUT2D eigenvalue weighted by atomic mass is 28.4. The second-order valence-corrected chi connectivity index (χ2v) is 20.1. The van der Waals surface area contributed by atoms with Crippen LogP contribution in [-0.4, -0.2) is 79.9 Å². The lowest BCUT2D eigenvalue weighted by atomic mass is 9.74. The van der Waals surface area contributed by atoms with E-state index in [9.17, 15) is 24.3 Å². The third kappa shape index (κ3) is 7.10. The molecule has 2 aromatic rings. The van der Waals surface area contributed by atoms with Crippen molar-refractivity contribution in [3.05, 3.63) is 98.8 Å². The van der Waals surface area contributed by atoms with Gasteiger partial charge >= 0.3 is 11.9 Å². The smallest absolute Gasteiger partial charge is 0.338 e. The number of carbonyl (C=O) groups is 4. The van der Waals surface area contributed by atoms with Gasteiger partial charge in [0.15, 0.2) is 17.9 Å². The molecule has 7 rings (SSSR count). The Bertz CT molecular complexity index is 1980. The van der Waals surface area contributed by atoms with Crippen LogP contribution in [0.3, 0.4) is 0 Å². The molecular weight excluding hydrogens is 712 g/mol. The number of carbonyl (C=O) groups excluding carboxylic acids is 4. The van der Waals surface area contributed by atoms with Crippen LogP contribution in [0.2, 0.25) is 18.1 Å². The lowest BCUT2D eigenvalue weighted by Gasteiger charge is -2.42. The highest BCUT2D eigenvalue weighted by Gasteiger charge is 2.48. The predicted molar refractivity (Wildman–Crippen MR) is 199 cm³/mol. The van der Waals surface area contributed by atoms with Crippen molar-refractivity contribution in [1.82, 2.24) is 0 Å². The molecule has 54 heavy (non-hydrogen) atoms. The van der Waals surface area contributed by atoms with Crippen molar-refractivity contribution in [2.45, 2.75) is 127 Å². The number of benzene rings is 2. The fourth-order valence-corrected chi connectivity index (χ4v) is 9.64. The molecule has 0 saturated carbocycles. The summed E-state index contributed by atoms with van der Waals surface area (Å²) in [5.74, 6) is -2.06. The minimum Gasteiger partial charge on any atom is -0.456 e. The molecule has 2 heterocycles. The summed E-state index contributed by atoms with van der Waals surface area (Å²) in [5, 5.41) is 10.7. The zero-order chi connectivity index (χ0) is 38.7. The van der Waals surface area contributed by atoms with E-state index in [0.29, 0.717) is 48.8 Å². The number of Topliss-reactive ketones (excluding diaryl/α,β-unsaturated/α-hetero) is 1. The fourth-order valence-electron chi connectivity index (χ4n) is 8.31. The van der Waals surface area contributed by atoms with Crippen molar-refractivity contribution in [2.75, 3.05) is 0 Å². The van der Waals surface area contributed by atoms with E-state index >= 15 is 4.11 Å². The van der Waals surface area contributed by atoms with Gasteiger partial charge in [0.25, 0.3) is 0 Å². The van der Waals surface area contributed by atoms with Crippen LogP contribution >= 0.6 is 0 Å². The normalized spacial score (nSPS) is 31.1. The summed E-state index contributed by atoms with van der Waals surface area (Å²) in [4.78, 5) is 53.5. The lowest BCUT2D eigenvalue weighted by Crippen LogP contribution is -2.51. The van der Waals surface area contributed by atoms with Gasteiger partial charge in [-0.2, -0.15) is 0 Å². The number of ether oxygens (including phenoxy) is 5. The predicted octanol–water partition coefficient (Wildman–Crippen LogP) is 6.69. The van der Waals surface area contributed by atoms with Crippen LogP contribution in [0.4, 0.5) is 4.11 Å². The third-order valence-corrected chi connectivity index (χ3v) is 15.2. The zero-order valence-electron chi connectivity index (χ0n) is 31.5. The van der Waals surface area contributed by atoms with Crippen molar-refractivity contribution < 1.29 is 52.1 Å². The second kappa shape index (κ2) is 14.5. The highest BCUT2D eigenvalue weighted by molar-refractivity contribution is 6.73. The zero-order valence-corrected chi connectivity index (χ0v) is 32.5. The van der Waals surface area contributed by atoms with Gasteiger partial charge in [0.1, 0.15) is 18.0 Å². The van der Waals surface area contributed by atoms with Gasteiger partial charge < -0.3 is 32.9 Å². The first kappa shape index (κ1) is 38.2. The van der Waals surface area contributed by atoms with Crippen LogP contribution in [0.1, 0.15) is 90.8 Å². The van der Waals surface area contributed by atoms with Gasteiger partial charge in [0.05, 0.1) is 35.6 Å². The summed E-state index contributed by atoms with van der Waals surface area (Å²) < 4.78 is 45.5. The lowest BCUT2D eigenvalue weighted by molar-refractivity contribution is -0.268. The minimum atomic E-state index is -3.00. The summed E-state index contributed by atoms with van der Waals surface area (Å²) in [5.41, 5.74) is 3.72. The molecule has 12 heteroatoms. The molecule has 8 atom stereocenters. The molecule has 2 aromatic carbocycles. The van der Waals surface area contributed by atoms with E-state index in [4.69, 9.17) is 23.7 Å². The molecule has 0 aromatic heterocycles. The number of fused-ring (bicyclic) bond motifs is 4. The van der Waals surface area contributed by atoms with E-state index < -0.39 is 79.9 Å². The molecule has 0 bridgehead atoms. The fraction of sp³-hybridized carbons (Fsp3) is 0.476. The van der Waals surface area contributed by atoms with E-state index in [1.807, 2.05) is 19.1 Å². The average Bonchev–Trinajstić information content (AvgIpc) is 3.12. The Hall–Kier alpha value is -4.07. The van der Waals surface area contributed by atoms with Crippen molar-refractivity contribution in [1.29, 1.82) is 0 Å². The summed E-state index contributed by atoms with van der Waals surface area (Å²) in [6, 6.07) is 12.3. The van der Waals surface area contributed by atoms with Crippen molar-refractivity contribution in [2.24, 2.45) is 0 Å².